The van der Waals surface area contributed by atoms with E-state index in [-0.39, 0.29) is 12.1 Å². The summed E-state index contributed by atoms with van der Waals surface area (Å²) < 4.78 is 32.8. The lowest BCUT2D eigenvalue weighted by atomic mass is 10.1. The van der Waals surface area contributed by atoms with Gasteiger partial charge in [-0.1, -0.05) is 6.07 Å². The summed E-state index contributed by atoms with van der Waals surface area (Å²) in [6, 6.07) is 5.20. The molecule has 2 aliphatic rings. The highest BCUT2D eigenvalue weighted by Crippen LogP contribution is 2.21. The van der Waals surface area contributed by atoms with E-state index in [0.29, 0.717) is 11.5 Å². The maximum atomic E-state index is 12.3. The zero-order chi connectivity index (χ0) is 13.5. The van der Waals surface area contributed by atoms with Crippen molar-refractivity contribution in [3.05, 3.63) is 29.3 Å². The Morgan fingerprint density at radius 3 is 2.84 bits per heavy atom. The number of fused-ring (bicyclic) bond motifs is 1. The van der Waals surface area contributed by atoms with Crippen molar-refractivity contribution in [3.63, 3.8) is 0 Å². The third kappa shape index (κ3) is 2.53. The van der Waals surface area contributed by atoms with Crippen LogP contribution in [0, 0.1) is 0 Å². The number of hydrogen-bond donors (Lipinski definition) is 2. The molecule has 3 rings (SSSR count). The van der Waals surface area contributed by atoms with E-state index in [9.17, 15) is 8.42 Å². The molecule has 2 N–H and O–H groups in total. The topological polar surface area (TPSA) is 67.4 Å². The van der Waals surface area contributed by atoms with Gasteiger partial charge in [-0.2, -0.15) is 0 Å². The first-order chi connectivity index (χ1) is 9.06. The monoisotopic (exact) mass is 282 g/mol. The first-order valence-electron chi connectivity index (χ1n) is 6.53. The number of nitrogens with one attached hydrogen (secondary N) is 2. The molecule has 0 aromatic heterocycles. The van der Waals surface area contributed by atoms with Gasteiger partial charge in [-0.05, 0) is 36.6 Å². The number of ether oxygens (including phenoxy) is 1. The van der Waals surface area contributed by atoms with Crippen LogP contribution in [0.25, 0.3) is 0 Å². The Bertz CT molecular complexity index is 586. The largest absolute Gasteiger partial charge is 0.377 e. The van der Waals surface area contributed by atoms with E-state index < -0.39 is 10.0 Å². The third-order valence-corrected chi connectivity index (χ3v) is 5.29. The Labute approximate surface area is 113 Å². The Morgan fingerprint density at radius 2 is 2.11 bits per heavy atom. The quantitative estimate of drug-likeness (QED) is 0.858. The molecule has 2 heterocycles. The molecular weight excluding hydrogens is 264 g/mol. The van der Waals surface area contributed by atoms with E-state index in [1.54, 1.807) is 12.1 Å². The van der Waals surface area contributed by atoms with Crippen LogP contribution in [-0.2, 0) is 27.8 Å². The van der Waals surface area contributed by atoms with Crippen molar-refractivity contribution in [1.29, 1.82) is 0 Å². The molecule has 0 radical (unpaired) electrons. The second-order valence-electron chi connectivity index (χ2n) is 5.13. The van der Waals surface area contributed by atoms with Crippen molar-refractivity contribution >= 4 is 10.0 Å². The van der Waals surface area contributed by atoms with Gasteiger partial charge in [0.25, 0.3) is 0 Å². The molecule has 2 atom stereocenters. The molecule has 2 aliphatic heterocycles. The van der Waals surface area contributed by atoms with Crippen molar-refractivity contribution in [2.24, 2.45) is 0 Å². The highest BCUT2D eigenvalue weighted by atomic mass is 32.2. The van der Waals surface area contributed by atoms with Crippen molar-refractivity contribution in [1.82, 2.24) is 10.0 Å². The zero-order valence-corrected chi connectivity index (χ0v) is 11.7. The summed E-state index contributed by atoms with van der Waals surface area (Å²) >= 11 is 0. The molecule has 5 nitrogen and oxygen atoms in total. The van der Waals surface area contributed by atoms with Crippen molar-refractivity contribution in [2.75, 3.05) is 6.61 Å². The summed E-state index contributed by atoms with van der Waals surface area (Å²) in [5.74, 6) is 0. The van der Waals surface area contributed by atoms with Gasteiger partial charge in [0.15, 0.2) is 0 Å². The maximum absolute atomic E-state index is 12.3. The normalized spacial score (nSPS) is 26.6. The predicted molar refractivity (Wildman–Crippen MR) is 71.1 cm³/mol. The van der Waals surface area contributed by atoms with E-state index >= 15 is 0 Å². The van der Waals surface area contributed by atoms with Crippen LogP contribution in [-0.4, -0.2) is 27.2 Å². The Hall–Kier alpha value is -0.950. The molecule has 6 heteroatoms. The third-order valence-electron chi connectivity index (χ3n) is 3.80. The first-order valence-corrected chi connectivity index (χ1v) is 8.01. The average Bonchev–Trinajstić information content (AvgIpc) is 2.97. The van der Waals surface area contributed by atoms with Crippen LogP contribution in [0.3, 0.4) is 0 Å². The van der Waals surface area contributed by atoms with Gasteiger partial charge in [0.05, 0.1) is 17.0 Å². The molecule has 1 aromatic rings. The Balaban J connectivity index is 1.84. The van der Waals surface area contributed by atoms with Gasteiger partial charge >= 0.3 is 0 Å². The van der Waals surface area contributed by atoms with Crippen LogP contribution < -0.4 is 10.0 Å². The van der Waals surface area contributed by atoms with Gasteiger partial charge in [-0.15, -0.1) is 0 Å². The van der Waals surface area contributed by atoms with Gasteiger partial charge in [0.2, 0.25) is 10.0 Å². The Morgan fingerprint density at radius 1 is 1.32 bits per heavy atom. The minimum Gasteiger partial charge on any atom is -0.377 e. The van der Waals surface area contributed by atoms with Gasteiger partial charge in [-0.3, -0.25) is 0 Å². The molecule has 2 unspecified atom stereocenters. The molecule has 0 aliphatic carbocycles. The van der Waals surface area contributed by atoms with Crippen molar-refractivity contribution in [3.8, 4) is 0 Å². The Kier molecular flexibility index (Phi) is 3.34. The van der Waals surface area contributed by atoms with Crippen LogP contribution in [0.15, 0.2) is 23.1 Å². The van der Waals surface area contributed by atoms with Gasteiger partial charge < -0.3 is 10.1 Å². The maximum Gasteiger partial charge on any atom is 0.240 e. The average molecular weight is 282 g/mol. The number of rotatable bonds is 3. The van der Waals surface area contributed by atoms with Crippen LogP contribution in [0.2, 0.25) is 0 Å². The summed E-state index contributed by atoms with van der Waals surface area (Å²) in [5, 5.41) is 3.21. The summed E-state index contributed by atoms with van der Waals surface area (Å²) in [6.45, 7) is 4.06. The summed E-state index contributed by atoms with van der Waals surface area (Å²) in [4.78, 5) is 0.342. The highest BCUT2D eigenvalue weighted by Gasteiger charge is 2.29. The molecule has 19 heavy (non-hydrogen) atoms. The van der Waals surface area contributed by atoms with Gasteiger partial charge in [-0.25, -0.2) is 13.1 Å². The fourth-order valence-corrected chi connectivity index (χ4v) is 3.98. The summed E-state index contributed by atoms with van der Waals surface area (Å²) in [6.07, 6.45) is 0.665. The minimum absolute atomic E-state index is 0.0640. The van der Waals surface area contributed by atoms with Crippen molar-refractivity contribution < 1.29 is 13.2 Å². The molecule has 1 aromatic carbocycles. The number of sulfonamides is 1. The van der Waals surface area contributed by atoms with Crippen LogP contribution in [0.4, 0.5) is 0 Å². The van der Waals surface area contributed by atoms with E-state index in [1.165, 1.54) is 5.56 Å². The molecule has 0 bridgehead atoms. The number of benzene rings is 1. The lowest BCUT2D eigenvalue weighted by Crippen LogP contribution is -2.39. The second-order valence-corrected chi connectivity index (χ2v) is 6.84. The minimum atomic E-state index is -3.46. The summed E-state index contributed by atoms with van der Waals surface area (Å²) in [7, 11) is -3.46. The molecule has 1 fully saturated rings. The standard InChI is InChI=1S/C13H18N2O3S/c1-9-13(4-5-18-9)15-19(16,17)12-3-2-10-7-14-8-11(10)6-12/h2-3,6,9,13-15H,4-5,7-8H2,1H3. The lowest BCUT2D eigenvalue weighted by Gasteiger charge is -2.16. The molecule has 1 saturated heterocycles. The smallest absolute Gasteiger partial charge is 0.240 e. The van der Waals surface area contributed by atoms with Crippen LogP contribution >= 0.6 is 0 Å². The lowest BCUT2D eigenvalue weighted by molar-refractivity contribution is 0.117. The predicted octanol–water partition coefficient (Wildman–Crippen LogP) is 0.745. The molecule has 0 amide bonds. The molecule has 0 spiro atoms. The second kappa shape index (κ2) is 4.86. The van der Waals surface area contributed by atoms with E-state index in [0.717, 1.165) is 25.1 Å². The van der Waals surface area contributed by atoms with Crippen molar-refractivity contribution in [2.45, 2.75) is 43.5 Å². The fraction of sp³-hybridized carbons (Fsp3) is 0.538. The number of hydrogen-bond acceptors (Lipinski definition) is 4. The molecule has 104 valence electrons. The van der Waals surface area contributed by atoms with Gasteiger partial charge in [0.1, 0.15) is 0 Å². The van der Waals surface area contributed by atoms with E-state index in [1.807, 2.05) is 13.0 Å². The van der Waals surface area contributed by atoms with Crippen LogP contribution in [0.1, 0.15) is 24.5 Å². The molecular formula is C13H18N2O3S. The fourth-order valence-electron chi connectivity index (χ4n) is 2.59. The SMILES string of the molecule is CC1OCCC1NS(=O)(=O)c1ccc2c(c1)CNC2. The summed E-state index contributed by atoms with van der Waals surface area (Å²) in [5.41, 5.74) is 2.25. The molecule has 0 saturated carbocycles. The van der Waals surface area contributed by atoms with Crippen LogP contribution in [0.5, 0.6) is 0 Å². The first kappa shape index (κ1) is 13.1. The van der Waals surface area contributed by atoms with Gasteiger partial charge in [0, 0.05) is 19.7 Å². The highest BCUT2D eigenvalue weighted by molar-refractivity contribution is 7.89. The van der Waals surface area contributed by atoms with E-state index in [4.69, 9.17) is 4.74 Å². The zero-order valence-electron chi connectivity index (χ0n) is 10.8. The van der Waals surface area contributed by atoms with E-state index in [2.05, 4.69) is 10.0 Å².